The number of unbranched alkanes of at least 4 members (excludes halogenated alkanes) is 1. The van der Waals surface area contributed by atoms with Crippen molar-refractivity contribution in [1.82, 2.24) is 15.5 Å². The van der Waals surface area contributed by atoms with Crippen LogP contribution in [-0.4, -0.2) is 50.1 Å². The van der Waals surface area contributed by atoms with Crippen LogP contribution < -0.4 is 10.6 Å². The molecule has 0 aromatic rings. The van der Waals surface area contributed by atoms with Gasteiger partial charge in [0.1, 0.15) is 0 Å². The SMILES string of the molecule is CCCCC1CCC(C(=O)NCCCN2CCNCC2)CC1.Cl. The van der Waals surface area contributed by atoms with Crippen molar-refractivity contribution in [3.05, 3.63) is 0 Å². The summed E-state index contributed by atoms with van der Waals surface area (Å²) in [4.78, 5) is 14.7. The van der Waals surface area contributed by atoms with Crippen LogP contribution in [0.2, 0.25) is 0 Å². The zero-order chi connectivity index (χ0) is 15.6. The molecule has 2 aliphatic rings. The van der Waals surface area contributed by atoms with Gasteiger partial charge in [-0.25, -0.2) is 0 Å². The Kier molecular flexibility index (Phi) is 10.9. The molecule has 1 saturated heterocycles. The number of halogens is 1. The van der Waals surface area contributed by atoms with Crippen LogP contribution in [0.25, 0.3) is 0 Å². The van der Waals surface area contributed by atoms with E-state index in [4.69, 9.17) is 0 Å². The second-order valence-corrected chi connectivity index (χ2v) is 7.10. The van der Waals surface area contributed by atoms with Crippen LogP contribution in [0.15, 0.2) is 0 Å². The molecule has 1 aliphatic heterocycles. The van der Waals surface area contributed by atoms with Gasteiger partial charge >= 0.3 is 0 Å². The molecule has 2 rings (SSSR count). The van der Waals surface area contributed by atoms with E-state index in [1.807, 2.05) is 0 Å². The fourth-order valence-electron chi connectivity index (χ4n) is 3.80. The second kappa shape index (κ2) is 12.1. The molecule has 1 aliphatic carbocycles. The second-order valence-electron chi connectivity index (χ2n) is 7.10. The Balaban J connectivity index is 0.00000264. The summed E-state index contributed by atoms with van der Waals surface area (Å²) in [6.45, 7) is 8.73. The monoisotopic (exact) mass is 345 g/mol. The summed E-state index contributed by atoms with van der Waals surface area (Å²) < 4.78 is 0. The maximum atomic E-state index is 12.2. The van der Waals surface area contributed by atoms with Gasteiger partial charge in [0.25, 0.3) is 0 Å². The van der Waals surface area contributed by atoms with Gasteiger partial charge in [0.05, 0.1) is 0 Å². The fraction of sp³-hybridized carbons (Fsp3) is 0.944. The fourth-order valence-corrected chi connectivity index (χ4v) is 3.80. The minimum atomic E-state index is 0. The Labute approximate surface area is 148 Å². The van der Waals surface area contributed by atoms with Gasteiger partial charge in [0, 0.05) is 38.6 Å². The summed E-state index contributed by atoms with van der Waals surface area (Å²) in [6.07, 6.45) is 9.85. The van der Waals surface area contributed by atoms with Gasteiger partial charge in [-0.15, -0.1) is 12.4 Å². The number of piperazine rings is 1. The number of rotatable bonds is 8. The van der Waals surface area contributed by atoms with E-state index >= 15 is 0 Å². The zero-order valence-corrected chi connectivity index (χ0v) is 15.6. The number of hydrogen-bond acceptors (Lipinski definition) is 3. The lowest BCUT2D eigenvalue weighted by Gasteiger charge is -2.28. The van der Waals surface area contributed by atoms with Crippen molar-refractivity contribution in [3.8, 4) is 0 Å². The third kappa shape index (κ3) is 7.86. The first kappa shape index (κ1) is 20.7. The molecule has 1 saturated carbocycles. The van der Waals surface area contributed by atoms with Gasteiger partial charge in [0.2, 0.25) is 5.91 Å². The number of nitrogens with zero attached hydrogens (tertiary/aromatic N) is 1. The number of nitrogens with one attached hydrogen (secondary N) is 2. The van der Waals surface area contributed by atoms with Gasteiger partial charge < -0.3 is 15.5 Å². The molecule has 0 bridgehead atoms. The quantitative estimate of drug-likeness (QED) is 0.665. The van der Waals surface area contributed by atoms with Crippen LogP contribution in [0.4, 0.5) is 0 Å². The summed E-state index contributed by atoms with van der Waals surface area (Å²) in [5.74, 6) is 1.49. The smallest absolute Gasteiger partial charge is 0.223 e. The number of carbonyl (C=O) groups is 1. The molecule has 4 nitrogen and oxygen atoms in total. The molecule has 1 amide bonds. The van der Waals surface area contributed by atoms with E-state index in [1.54, 1.807) is 0 Å². The highest BCUT2D eigenvalue weighted by Crippen LogP contribution is 2.31. The Morgan fingerprint density at radius 1 is 1.13 bits per heavy atom. The van der Waals surface area contributed by atoms with E-state index in [1.165, 1.54) is 32.1 Å². The normalized spacial score (nSPS) is 25.6. The summed E-state index contributed by atoms with van der Waals surface area (Å²) in [5, 5.41) is 6.54. The molecule has 0 unspecified atom stereocenters. The van der Waals surface area contributed by atoms with Crippen molar-refractivity contribution in [2.24, 2.45) is 11.8 Å². The van der Waals surface area contributed by atoms with Crippen LogP contribution in [0.5, 0.6) is 0 Å². The summed E-state index contributed by atoms with van der Waals surface area (Å²) in [7, 11) is 0. The van der Waals surface area contributed by atoms with Gasteiger partial charge in [0.15, 0.2) is 0 Å². The number of carbonyl (C=O) groups excluding carboxylic acids is 1. The molecule has 1 heterocycles. The average molecular weight is 346 g/mol. The van der Waals surface area contributed by atoms with E-state index in [0.29, 0.717) is 5.91 Å². The van der Waals surface area contributed by atoms with E-state index in [2.05, 4.69) is 22.5 Å². The number of amides is 1. The van der Waals surface area contributed by atoms with E-state index in [-0.39, 0.29) is 18.3 Å². The van der Waals surface area contributed by atoms with Crippen molar-refractivity contribution in [2.75, 3.05) is 39.3 Å². The molecule has 0 radical (unpaired) electrons. The standard InChI is InChI=1S/C18H35N3O.ClH/c1-2-3-5-16-6-8-17(9-7-16)18(22)20-10-4-13-21-14-11-19-12-15-21;/h16-17,19H,2-15H2,1H3,(H,20,22);1H. The average Bonchev–Trinajstić information content (AvgIpc) is 2.58. The third-order valence-electron chi connectivity index (χ3n) is 5.34. The van der Waals surface area contributed by atoms with E-state index in [0.717, 1.165) is 64.4 Å². The van der Waals surface area contributed by atoms with Crippen LogP contribution in [-0.2, 0) is 4.79 Å². The highest BCUT2D eigenvalue weighted by molar-refractivity contribution is 5.85. The lowest BCUT2D eigenvalue weighted by atomic mass is 9.79. The highest BCUT2D eigenvalue weighted by Gasteiger charge is 2.25. The van der Waals surface area contributed by atoms with Crippen LogP contribution in [0.3, 0.4) is 0 Å². The first-order valence-electron chi connectivity index (χ1n) is 9.50. The van der Waals surface area contributed by atoms with Crippen LogP contribution in [0.1, 0.15) is 58.3 Å². The third-order valence-corrected chi connectivity index (χ3v) is 5.34. The largest absolute Gasteiger partial charge is 0.356 e. The maximum Gasteiger partial charge on any atom is 0.223 e. The first-order chi connectivity index (χ1) is 10.8. The Morgan fingerprint density at radius 3 is 2.48 bits per heavy atom. The van der Waals surface area contributed by atoms with Gasteiger partial charge in [-0.05, 0) is 44.6 Å². The molecular formula is C18H36ClN3O. The van der Waals surface area contributed by atoms with Crippen LogP contribution >= 0.6 is 12.4 Å². The highest BCUT2D eigenvalue weighted by atomic mass is 35.5. The predicted molar refractivity (Wildman–Crippen MR) is 99.2 cm³/mol. The summed E-state index contributed by atoms with van der Waals surface area (Å²) in [5.41, 5.74) is 0. The molecule has 136 valence electrons. The Morgan fingerprint density at radius 2 is 1.83 bits per heavy atom. The van der Waals surface area contributed by atoms with Gasteiger partial charge in [-0.3, -0.25) is 4.79 Å². The predicted octanol–water partition coefficient (Wildman–Crippen LogP) is 2.82. The molecule has 2 N–H and O–H groups in total. The molecule has 2 fully saturated rings. The van der Waals surface area contributed by atoms with Crippen molar-refractivity contribution in [3.63, 3.8) is 0 Å². The minimum absolute atomic E-state index is 0. The molecule has 0 aromatic heterocycles. The summed E-state index contributed by atoms with van der Waals surface area (Å²) in [6, 6.07) is 0. The Bertz CT molecular complexity index is 313. The molecular weight excluding hydrogens is 310 g/mol. The maximum absolute atomic E-state index is 12.2. The summed E-state index contributed by atoms with van der Waals surface area (Å²) >= 11 is 0. The number of hydrogen-bond donors (Lipinski definition) is 2. The minimum Gasteiger partial charge on any atom is -0.356 e. The molecule has 0 spiro atoms. The topological polar surface area (TPSA) is 44.4 Å². The molecule has 0 aromatic carbocycles. The first-order valence-corrected chi connectivity index (χ1v) is 9.50. The molecule has 23 heavy (non-hydrogen) atoms. The van der Waals surface area contributed by atoms with Crippen molar-refractivity contribution in [2.45, 2.75) is 58.3 Å². The van der Waals surface area contributed by atoms with Crippen LogP contribution in [0, 0.1) is 11.8 Å². The lowest BCUT2D eigenvalue weighted by Crippen LogP contribution is -2.44. The van der Waals surface area contributed by atoms with E-state index in [9.17, 15) is 4.79 Å². The molecule has 0 atom stereocenters. The van der Waals surface area contributed by atoms with Gasteiger partial charge in [-0.1, -0.05) is 26.2 Å². The van der Waals surface area contributed by atoms with Crippen molar-refractivity contribution in [1.29, 1.82) is 0 Å². The lowest BCUT2D eigenvalue weighted by molar-refractivity contribution is -0.126. The van der Waals surface area contributed by atoms with Gasteiger partial charge in [-0.2, -0.15) is 0 Å². The molecule has 5 heteroatoms. The van der Waals surface area contributed by atoms with Crippen molar-refractivity contribution < 1.29 is 4.79 Å². The zero-order valence-electron chi connectivity index (χ0n) is 14.8. The van der Waals surface area contributed by atoms with E-state index < -0.39 is 0 Å². The Hall–Kier alpha value is -0.320. The van der Waals surface area contributed by atoms with Crippen molar-refractivity contribution >= 4 is 18.3 Å².